The fourth-order valence-corrected chi connectivity index (χ4v) is 3.72. The van der Waals surface area contributed by atoms with Gasteiger partial charge in [0.2, 0.25) is 0 Å². The van der Waals surface area contributed by atoms with Crippen molar-refractivity contribution >= 4 is 17.6 Å². The number of esters is 1. The van der Waals surface area contributed by atoms with Gasteiger partial charge in [-0.3, -0.25) is 9.69 Å². The van der Waals surface area contributed by atoms with Gasteiger partial charge < -0.3 is 15.0 Å². The van der Waals surface area contributed by atoms with Crippen LogP contribution in [0.3, 0.4) is 0 Å². The van der Waals surface area contributed by atoms with Crippen molar-refractivity contribution < 1.29 is 14.3 Å². The van der Waals surface area contributed by atoms with Gasteiger partial charge in [-0.05, 0) is 56.2 Å². The van der Waals surface area contributed by atoms with Crippen LogP contribution in [0.15, 0.2) is 48.5 Å². The number of methoxy groups -OCH3 is 1. The lowest BCUT2D eigenvalue weighted by Crippen LogP contribution is -2.47. The van der Waals surface area contributed by atoms with Gasteiger partial charge in [0.05, 0.1) is 12.7 Å². The maximum absolute atomic E-state index is 12.5. The molecule has 1 fully saturated rings. The first-order chi connectivity index (χ1) is 14.5. The summed E-state index contributed by atoms with van der Waals surface area (Å²) in [6, 6.07) is 15.3. The van der Waals surface area contributed by atoms with E-state index < -0.39 is 5.97 Å². The molecule has 6 nitrogen and oxygen atoms in total. The minimum Gasteiger partial charge on any atom is -0.465 e. The highest BCUT2D eigenvalue weighted by molar-refractivity contribution is 5.98. The molecule has 0 aromatic heterocycles. The summed E-state index contributed by atoms with van der Waals surface area (Å²) >= 11 is 0. The highest BCUT2D eigenvalue weighted by Crippen LogP contribution is 2.18. The summed E-state index contributed by atoms with van der Waals surface area (Å²) in [5, 5.41) is 3.03. The van der Waals surface area contributed by atoms with Crippen molar-refractivity contribution in [2.45, 2.75) is 26.3 Å². The van der Waals surface area contributed by atoms with Gasteiger partial charge in [-0.1, -0.05) is 18.2 Å². The Labute approximate surface area is 178 Å². The summed E-state index contributed by atoms with van der Waals surface area (Å²) in [6.45, 7) is 9.18. The van der Waals surface area contributed by atoms with Crippen molar-refractivity contribution in [2.24, 2.45) is 0 Å². The number of piperazine rings is 1. The molecule has 1 heterocycles. The van der Waals surface area contributed by atoms with Gasteiger partial charge in [-0.25, -0.2) is 4.79 Å². The molecular weight excluding hydrogens is 378 g/mol. The smallest absolute Gasteiger partial charge is 0.337 e. The molecule has 1 N–H and O–H groups in total. The van der Waals surface area contributed by atoms with E-state index in [1.807, 2.05) is 6.92 Å². The number of nitrogens with one attached hydrogen (secondary N) is 1. The van der Waals surface area contributed by atoms with Gasteiger partial charge in [0.25, 0.3) is 5.91 Å². The third-order valence-corrected chi connectivity index (χ3v) is 5.54. The molecule has 2 aromatic rings. The van der Waals surface area contributed by atoms with Gasteiger partial charge in [-0.15, -0.1) is 0 Å². The molecule has 1 atom stereocenters. The molecule has 1 aliphatic rings. The maximum atomic E-state index is 12.5. The molecule has 0 bridgehead atoms. The zero-order valence-electron chi connectivity index (χ0n) is 18.1. The number of amides is 1. The second kappa shape index (κ2) is 10.3. The standard InChI is InChI=1S/C24H31N3O3/c1-18-6-4-9-22(16-18)27-14-12-26(13-15-27)11-10-19(2)25-23(28)20-7-5-8-21(17-20)24(29)30-3/h4-9,16-17,19H,10-15H2,1-3H3,(H,25,28). The molecule has 0 spiro atoms. The Balaban J connectivity index is 1.43. The van der Waals surface area contributed by atoms with Gasteiger partial charge in [0, 0.05) is 50.0 Å². The van der Waals surface area contributed by atoms with Crippen LogP contribution >= 0.6 is 0 Å². The number of benzene rings is 2. The minimum absolute atomic E-state index is 0.0501. The number of carbonyl (C=O) groups excluding carboxylic acids is 2. The Morgan fingerprint density at radius 1 is 1.03 bits per heavy atom. The van der Waals surface area contributed by atoms with Crippen LogP contribution in [-0.4, -0.2) is 62.7 Å². The second-order valence-corrected chi connectivity index (χ2v) is 7.90. The Bertz CT molecular complexity index is 876. The normalized spacial score (nSPS) is 15.5. The van der Waals surface area contributed by atoms with Crippen molar-refractivity contribution in [2.75, 3.05) is 44.7 Å². The van der Waals surface area contributed by atoms with Gasteiger partial charge in [-0.2, -0.15) is 0 Å². The SMILES string of the molecule is COC(=O)c1cccc(C(=O)NC(C)CCN2CCN(c3cccc(C)c3)CC2)c1. The molecule has 1 unspecified atom stereocenters. The molecule has 0 saturated carbocycles. The number of hydrogen-bond donors (Lipinski definition) is 1. The summed E-state index contributed by atoms with van der Waals surface area (Å²) in [7, 11) is 1.33. The van der Waals surface area contributed by atoms with E-state index in [4.69, 9.17) is 4.74 Å². The van der Waals surface area contributed by atoms with Crippen LogP contribution in [0.4, 0.5) is 5.69 Å². The topological polar surface area (TPSA) is 61.9 Å². The highest BCUT2D eigenvalue weighted by atomic mass is 16.5. The van der Waals surface area contributed by atoms with E-state index >= 15 is 0 Å². The van der Waals surface area contributed by atoms with E-state index in [2.05, 4.69) is 46.3 Å². The third kappa shape index (κ3) is 5.83. The molecule has 6 heteroatoms. The zero-order valence-corrected chi connectivity index (χ0v) is 18.1. The van der Waals surface area contributed by atoms with E-state index in [0.717, 1.165) is 39.1 Å². The molecule has 1 aliphatic heterocycles. The first kappa shape index (κ1) is 21.8. The van der Waals surface area contributed by atoms with Crippen LogP contribution < -0.4 is 10.2 Å². The fourth-order valence-electron chi connectivity index (χ4n) is 3.72. The average Bonchev–Trinajstić information content (AvgIpc) is 2.77. The predicted octanol–water partition coefficient (Wildman–Crippen LogP) is 3.11. The first-order valence-electron chi connectivity index (χ1n) is 10.5. The van der Waals surface area contributed by atoms with Gasteiger partial charge in [0.15, 0.2) is 0 Å². The molecule has 1 amide bonds. The molecule has 160 valence electrons. The number of ether oxygens (including phenoxy) is 1. The summed E-state index contributed by atoms with van der Waals surface area (Å²) in [5.74, 6) is -0.611. The Morgan fingerprint density at radius 2 is 1.73 bits per heavy atom. The van der Waals surface area contributed by atoms with E-state index in [1.165, 1.54) is 18.4 Å². The number of hydrogen-bond acceptors (Lipinski definition) is 5. The Kier molecular flexibility index (Phi) is 7.46. The number of aryl methyl sites for hydroxylation is 1. The highest BCUT2D eigenvalue weighted by Gasteiger charge is 2.18. The zero-order chi connectivity index (χ0) is 21.5. The number of nitrogens with zero attached hydrogens (tertiary/aromatic N) is 2. The summed E-state index contributed by atoms with van der Waals surface area (Å²) in [4.78, 5) is 29.1. The number of rotatable bonds is 7. The van der Waals surface area contributed by atoms with Crippen LogP contribution in [0.2, 0.25) is 0 Å². The van der Waals surface area contributed by atoms with Crippen LogP contribution in [0.25, 0.3) is 0 Å². The lowest BCUT2D eigenvalue weighted by molar-refractivity contribution is 0.0600. The van der Waals surface area contributed by atoms with E-state index in [0.29, 0.717) is 11.1 Å². The summed E-state index contributed by atoms with van der Waals surface area (Å²) in [6.07, 6.45) is 0.882. The molecular formula is C24H31N3O3. The maximum Gasteiger partial charge on any atom is 0.337 e. The van der Waals surface area contributed by atoms with Crippen molar-refractivity contribution in [3.8, 4) is 0 Å². The van der Waals surface area contributed by atoms with Crippen molar-refractivity contribution in [3.05, 3.63) is 65.2 Å². The molecule has 0 aliphatic carbocycles. The lowest BCUT2D eigenvalue weighted by Gasteiger charge is -2.36. The molecule has 3 rings (SSSR count). The molecule has 30 heavy (non-hydrogen) atoms. The average molecular weight is 410 g/mol. The third-order valence-electron chi connectivity index (χ3n) is 5.54. The van der Waals surface area contributed by atoms with Crippen LogP contribution in [0.1, 0.15) is 39.6 Å². The summed E-state index contributed by atoms with van der Waals surface area (Å²) in [5.41, 5.74) is 3.43. The second-order valence-electron chi connectivity index (χ2n) is 7.90. The minimum atomic E-state index is -0.442. The van der Waals surface area contributed by atoms with E-state index in [1.54, 1.807) is 24.3 Å². The van der Waals surface area contributed by atoms with Crippen molar-refractivity contribution in [1.29, 1.82) is 0 Å². The largest absolute Gasteiger partial charge is 0.465 e. The summed E-state index contributed by atoms with van der Waals surface area (Å²) < 4.78 is 4.72. The van der Waals surface area contributed by atoms with Crippen molar-refractivity contribution in [3.63, 3.8) is 0 Å². The Morgan fingerprint density at radius 3 is 2.43 bits per heavy atom. The molecule has 2 aromatic carbocycles. The van der Waals surface area contributed by atoms with E-state index in [9.17, 15) is 9.59 Å². The Hall–Kier alpha value is -2.86. The number of anilines is 1. The van der Waals surface area contributed by atoms with Crippen LogP contribution in [0.5, 0.6) is 0 Å². The number of carbonyl (C=O) groups is 2. The molecule has 0 radical (unpaired) electrons. The van der Waals surface area contributed by atoms with Crippen molar-refractivity contribution in [1.82, 2.24) is 10.2 Å². The fraction of sp³-hybridized carbons (Fsp3) is 0.417. The monoisotopic (exact) mass is 409 g/mol. The quantitative estimate of drug-likeness (QED) is 0.712. The van der Waals surface area contributed by atoms with Gasteiger partial charge in [0.1, 0.15) is 0 Å². The predicted molar refractivity (Wildman–Crippen MR) is 119 cm³/mol. The van der Waals surface area contributed by atoms with E-state index in [-0.39, 0.29) is 11.9 Å². The first-order valence-corrected chi connectivity index (χ1v) is 10.5. The lowest BCUT2D eigenvalue weighted by atomic mass is 10.1. The molecule has 1 saturated heterocycles. The van der Waals surface area contributed by atoms with Crippen LogP contribution in [-0.2, 0) is 4.74 Å². The van der Waals surface area contributed by atoms with Gasteiger partial charge >= 0.3 is 5.97 Å². The van der Waals surface area contributed by atoms with Crippen LogP contribution in [0, 0.1) is 6.92 Å².